The summed E-state index contributed by atoms with van der Waals surface area (Å²) in [6.07, 6.45) is 0.752. The van der Waals surface area contributed by atoms with Gasteiger partial charge in [0.2, 0.25) is 0 Å². The minimum atomic E-state index is -0.0878. The van der Waals surface area contributed by atoms with E-state index >= 15 is 0 Å². The highest BCUT2D eigenvalue weighted by atomic mass is 32.1. The second kappa shape index (κ2) is 8.68. The number of nitrogens with zero attached hydrogens (tertiary/aromatic N) is 1. The molecular weight excluding hydrogens is 360 g/mol. The van der Waals surface area contributed by atoms with Crippen molar-refractivity contribution >= 4 is 17.2 Å². The summed E-state index contributed by atoms with van der Waals surface area (Å²) in [4.78, 5) is 18.1. The summed E-state index contributed by atoms with van der Waals surface area (Å²) >= 11 is 1.66. The number of ether oxygens (including phenoxy) is 2. The number of methoxy groups -OCH3 is 2. The molecule has 0 aliphatic heterocycles. The highest BCUT2D eigenvalue weighted by Crippen LogP contribution is 2.29. The summed E-state index contributed by atoms with van der Waals surface area (Å²) in [5.41, 5.74) is 2.69. The van der Waals surface area contributed by atoms with Gasteiger partial charge in [-0.25, -0.2) is 4.98 Å². The fourth-order valence-corrected chi connectivity index (χ4v) is 3.72. The van der Waals surface area contributed by atoms with Crippen molar-refractivity contribution in [3.8, 4) is 22.1 Å². The topological polar surface area (TPSA) is 60.5 Å². The standard InChI is InChI=1S/C21H22N2O3S/c1-14-19(27-21(23-14)16-6-10-18(26-3)11-7-16)12-13-22-20(24)15-4-8-17(25-2)9-5-15/h4-11H,12-13H2,1-3H3,(H,22,24). The lowest BCUT2D eigenvalue weighted by molar-refractivity contribution is 0.0954. The van der Waals surface area contributed by atoms with E-state index in [9.17, 15) is 4.79 Å². The van der Waals surface area contributed by atoms with Gasteiger partial charge in [-0.05, 0) is 55.5 Å². The van der Waals surface area contributed by atoms with Crippen LogP contribution in [0.15, 0.2) is 48.5 Å². The van der Waals surface area contributed by atoms with Crippen molar-refractivity contribution in [2.45, 2.75) is 13.3 Å². The predicted molar refractivity (Wildman–Crippen MR) is 108 cm³/mol. The predicted octanol–water partition coefficient (Wildman–Crippen LogP) is 4.11. The Hall–Kier alpha value is -2.86. The summed E-state index contributed by atoms with van der Waals surface area (Å²) in [6, 6.07) is 15.0. The number of rotatable bonds is 7. The number of aromatic nitrogens is 1. The maximum atomic E-state index is 12.2. The number of hydrogen-bond acceptors (Lipinski definition) is 5. The molecule has 140 valence electrons. The number of aryl methyl sites for hydroxylation is 1. The van der Waals surface area contributed by atoms with Crippen LogP contribution in [-0.4, -0.2) is 31.7 Å². The zero-order chi connectivity index (χ0) is 19.2. The van der Waals surface area contributed by atoms with Crippen molar-refractivity contribution in [2.24, 2.45) is 0 Å². The maximum absolute atomic E-state index is 12.2. The first-order valence-electron chi connectivity index (χ1n) is 8.63. The lowest BCUT2D eigenvalue weighted by Crippen LogP contribution is -2.25. The second-order valence-corrected chi connectivity index (χ2v) is 7.07. The molecule has 0 saturated heterocycles. The number of nitrogens with one attached hydrogen (secondary N) is 1. The molecule has 0 radical (unpaired) electrons. The van der Waals surface area contributed by atoms with Gasteiger partial charge in [0.25, 0.3) is 5.91 Å². The van der Waals surface area contributed by atoms with Gasteiger partial charge in [0, 0.05) is 29.0 Å². The average molecular weight is 382 g/mol. The molecule has 27 heavy (non-hydrogen) atoms. The third-order valence-electron chi connectivity index (χ3n) is 4.22. The number of benzene rings is 2. The van der Waals surface area contributed by atoms with Gasteiger partial charge in [-0.15, -0.1) is 11.3 Å². The smallest absolute Gasteiger partial charge is 0.251 e. The van der Waals surface area contributed by atoms with E-state index in [0.29, 0.717) is 12.1 Å². The van der Waals surface area contributed by atoms with Crippen LogP contribution in [0.25, 0.3) is 10.6 Å². The molecule has 1 aromatic heterocycles. The van der Waals surface area contributed by atoms with Gasteiger partial charge < -0.3 is 14.8 Å². The van der Waals surface area contributed by atoms with Crippen molar-refractivity contribution in [3.05, 3.63) is 64.7 Å². The fraction of sp³-hybridized carbons (Fsp3) is 0.238. The van der Waals surface area contributed by atoms with Crippen LogP contribution in [0.4, 0.5) is 0 Å². The number of thiazole rings is 1. The van der Waals surface area contributed by atoms with Crippen molar-refractivity contribution in [1.29, 1.82) is 0 Å². The van der Waals surface area contributed by atoms with Gasteiger partial charge in [0.15, 0.2) is 0 Å². The van der Waals surface area contributed by atoms with E-state index < -0.39 is 0 Å². The third kappa shape index (κ3) is 4.65. The van der Waals surface area contributed by atoms with Crippen LogP contribution in [0, 0.1) is 6.92 Å². The van der Waals surface area contributed by atoms with E-state index in [2.05, 4.69) is 10.3 Å². The Morgan fingerprint density at radius 1 is 1.00 bits per heavy atom. The Balaban J connectivity index is 1.59. The van der Waals surface area contributed by atoms with Gasteiger partial charge in [-0.1, -0.05) is 0 Å². The number of carbonyl (C=O) groups is 1. The highest BCUT2D eigenvalue weighted by Gasteiger charge is 2.11. The lowest BCUT2D eigenvalue weighted by Gasteiger charge is -2.05. The first kappa shape index (κ1) is 18.9. The van der Waals surface area contributed by atoms with E-state index in [1.165, 1.54) is 4.88 Å². The van der Waals surface area contributed by atoms with Crippen molar-refractivity contribution in [1.82, 2.24) is 10.3 Å². The average Bonchev–Trinajstić information content (AvgIpc) is 3.08. The Morgan fingerprint density at radius 3 is 2.19 bits per heavy atom. The van der Waals surface area contributed by atoms with Crippen LogP contribution in [0.3, 0.4) is 0 Å². The summed E-state index contributed by atoms with van der Waals surface area (Å²) in [5, 5.41) is 3.94. The largest absolute Gasteiger partial charge is 0.497 e. The molecule has 0 aliphatic rings. The highest BCUT2D eigenvalue weighted by molar-refractivity contribution is 7.15. The van der Waals surface area contributed by atoms with Crippen LogP contribution in [-0.2, 0) is 6.42 Å². The summed E-state index contributed by atoms with van der Waals surface area (Å²) in [7, 11) is 3.26. The number of carbonyl (C=O) groups excluding carboxylic acids is 1. The fourth-order valence-electron chi connectivity index (χ4n) is 2.65. The van der Waals surface area contributed by atoms with Crippen LogP contribution in [0.2, 0.25) is 0 Å². The van der Waals surface area contributed by atoms with E-state index in [0.717, 1.165) is 34.2 Å². The second-order valence-electron chi connectivity index (χ2n) is 5.99. The van der Waals surface area contributed by atoms with Crippen LogP contribution in [0.1, 0.15) is 20.9 Å². The quantitative estimate of drug-likeness (QED) is 0.668. The monoisotopic (exact) mass is 382 g/mol. The molecule has 0 fully saturated rings. The van der Waals surface area contributed by atoms with Gasteiger partial charge in [-0.2, -0.15) is 0 Å². The summed E-state index contributed by atoms with van der Waals surface area (Å²) in [6.45, 7) is 2.57. The molecule has 3 aromatic rings. The molecule has 0 saturated carbocycles. The lowest BCUT2D eigenvalue weighted by atomic mass is 10.2. The molecule has 1 amide bonds. The SMILES string of the molecule is COc1ccc(C(=O)NCCc2sc(-c3ccc(OC)cc3)nc2C)cc1. The van der Waals surface area contributed by atoms with E-state index in [-0.39, 0.29) is 5.91 Å². The molecule has 0 spiro atoms. The zero-order valence-electron chi connectivity index (χ0n) is 15.6. The molecular formula is C21H22N2O3S. The molecule has 2 aromatic carbocycles. The molecule has 1 N–H and O–H groups in total. The Bertz CT molecular complexity index is 902. The molecule has 0 atom stereocenters. The van der Waals surface area contributed by atoms with Crippen LogP contribution < -0.4 is 14.8 Å². The van der Waals surface area contributed by atoms with Crippen molar-refractivity contribution in [2.75, 3.05) is 20.8 Å². The van der Waals surface area contributed by atoms with Gasteiger partial charge in [0.05, 0.1) is 19.9 Å². The molecule has 0 aliphatic carbocycles. The van der Waals surface area contributed by atoms with Gasteiger partial charge in [-0.3, -0.25) is 4.79 Å². The van der Waals surface area contributed by atoms with Crippen molar-refractivity contribution < 1.29 is 14.3 Å². The number of amides is 1. The minimum absolute atomic E-state index is 0.0878. The normalized spacial score (nSPS) is 10.5. The summed E-state index contributed by atoms with van der Waals surface area (Å²) in [5.74, 6) is 1.47. The zero-order valence-corrected chi connectivity index (χ0v) is 16.4. The molecule has 6 heteroatoms. The van der Waals surface area contributed by atoms with Gasteiger partial charge >= 0.3 is 0 Å². The van der Waals surface area contributed by atoms with E-state index in [1.54, 1.807) is 49.8 Å². The first-order chi connectivity index (χ1) is 13.1. The van der Waals surface area contributed by atoms with E-state index in [1.807, 2.05) is 31.2 Å². The van der Waals surface area contributed by atoms with E-state index in [4.69, 9.17) is 9.47 Å². The molecule has 5 nitrogen and oxygen atoms in total. The van der Waals surface area contributed by atoms with Crippen LogP contribution in [0.5, 0.6) is 11.5 Å². The minimum Gasteiger partial charge on any atom is -0.497 e. The molecule has 3 rings (SSSR count). The first-order valence-corrected chi connectivity index (χ1v) is 9.45. The molecule has 0 unspecified atom stereocenters. The van der Waals surface area contributed by atoms with Crippen molar-refractivity contribution in [3.63, 3.8) is 0 Å². The molecule has 0 bridgehead atoms. The molecule has 1 heterocycles. The maximum Gasteiger partial charge on any atom is 0.251 e. The Morgan fingerprint density at radius 2 is 1.59 bits per heavy atom. The van der Waals surface area contributed by atoms with Crippen LogP contribution >= 0.6 is 11.3 Å². The summed E-state index contributed by atoms with van der Waals surface area (Å²) < 4.78 is 10.3. The Kier molecular flexibility index (Phi) is 6.08. The Labute approximate surface area is 163 Å². The third-order valence-corrected chi connectivity index (χ3v) is 5.49. The number of hydrogen-bond donors (Lipinski definition) is 1. The van der Waals surface area contributed by atoms with Gasteiger partial charge in [0.1, 0.15) is 16.5 Å².